The van der Waals surface area contributed by atoms with Crippen LogP contribution in [0, 0.1) is 0 Å². The van der Waals surface area contributed by atoms with Crippen LogP contribution in [0.25, 0.3) is 0 Å². The third-order valence-corrected chi connectivity index (χ3v) is 6.97. The van der Waals surface area contributed by atoms with Crippen LogP contribution in [0.4, 0.5) is 5.69 Å². The van der Waals surface area contributed by atoms with Crippen LogP contribution in [0.15, 0.2) is 48.5 Å². The number of hydrogen-bond acceptors (Lipinski definition) is 4. The minimum Gasteiger partial charge on any atom is -0.355 e. The molecule has 1 amide bonds. The van der Waals surface area contributed by atoms with Crippen LogP contribution in [0.3, 0.4) is 0 Å². The molecule has 158 valence electrons. The molecule has 0 aliphatic heterocycles. The summed E-state index contributed by atoms with van der Waals surface area (Å²) in [6.07, 6.45) is 1.87. The molecule has 1 N–H and O–H groups in total. The summed E-state index contributed by atoms with van der Waals surface area (Å²) in [4.78, 5) is 12.0. The van der Waals surface area contributed by atoms with E-state index in [9.17, 15) is 13.2 Å². The van der Waals surface area contributed by atoms with E-state index >= 15 is 0 Å². The van der Waals surface area contributed by atoms with Gasteiger partial charge in [0.15, 0.2) is 0 Å². The lowest BCUT2D eigenvalue weighted by atomic mass is 10.2. The Bertz CT molecular complexity index is 889. The fraction of sp³-hybridized carbons (Fsp3) is 0.350. The molecule has 0 radical (unpaired) electrons. The van der Waals surface area contributed by atoms with Crippen LogP contribution in [0.5, 0.6) is 0 Å². The molecule has 0 bridgehead atoms. The Kier molecular flexibility index (Phi) is 9.62. The number of para-hydroxylation sites is 1. The average molecular weight is 475 g/mol. The van der Waals surface area contributed by atoms with Crippen molar-refractivity contribution >= 4 is 56.6 Å². The maximum absolute atomic E-state index is 12.0. The van der Waals surface area contributed by atoms with Crippen molar-refractivity contribution in [3.8, 4) is 0 Å². The molecule has 0 aromatic heterocycles. The van der Waals surface area contributed by atoms with E-state index < -0.39 is 10.0 Å². The molecule has 0 heterocycles. The van der Waals surface area contributed by atoms with E-state index in [1.165, 1.54) is 10.6 Å². The fourth-order valence-corrected chi connectivity index (χ4v) is 5.22. The molecule has 0 aliphatic rings. The van der Waals surface area contributed by atoms with Gasteiger partial charge >= 0.3 is 0 Å². The number of halogens is 2. The van der Waals surface area contributed by atoms with Crippen molar-refractivity contribution < 1.29 is 13.2 Å². The van der Waals surface area contributed by atoms with Crippen molar-refractivity contribution in [3.63, 3.8) is 0 Å². The van der Waals surface area contributed by atoms with Gasteiger partial charge in [0.2, 0.25) is 15.9 Å². The number of amides is 1. The van der Waals surface area contributed by atoms with E-state index in [2.05, 4.69) is 5.32 Å². The molecule has 0 saturated carbocycles. The third kappa shape index (κ3) is 8.09. The summed E-state index contributed by atoms with van der Waals surface area (Å²) in [5.74, 6) is 1.31. The van der Waals surface area contributed by atoms with Crippen molar-refractivity contribution in [2.75, 3.05) is 29.4 Å². The molecule has 0 spiro atoms. The molecule has 0 atom stereocenters. The number of carbonyl (C=O) groups is 1. The van der Waals surface area contributed by atoms with Gasteiger partial charge in [-0.05, 0) is 36.2 Å². The lowest BCUT2D eigenvalue weighted by Crippen LogP contribution is -2.32. The number of carbonyl (C=O) groups excluding carboxylic acids is 1. The maximum Gasteiger partial charge on any atom is 0.232 e. The predicted molar refractivity (Wildman–Crippen MR) is 123 cm³/mol. The lowest BCUT2D eigenvalue weighted by Gasteiger charge is -2.22. The van der Waals surface area contributed by atoms with E-state index in [4.69, 9.17) is 23.2 Å². The quantitative estimate of drug-likeness (QED) is 0.483. The zero-order valence-electron chi connectivity index (χ0n) is 16.1. The second-order valence-electron chi connectivity index (χ2n) is 6.38. The molecule has 0 unspecified atom stereocenters. The Balaban J connectivity index is 1.69. The first-order valence-electron chi connectivity index (χ1n) is 9.09. The second-order valence-corrected chi connectivity index (χ2v) is 10.2. The Labute approximate surface area is 186 Å². The number of anilines is 1. The van der Waals surface area contributed by atoms with Gasteiger partial charge in [0.05, 0.1) is 11.9 Å². The van der Waals surface area contributed by atoms with Crippen LogP contribution < -0.4 is 9.62 Å². The Hall–Kier alpha value is -1.41. The molecule has 29 heavy (non-hydrogen) atoms. The lowest BCUT2D eigenvalue weighted by molar-refractivity contribution is -0.121. The van der Waals surface area contributed by atoms with Crippen molar-refractivity contribution in [2.24, 2.45) is 0 Å². The molecule has 2 rings (SSSR count). The van der Waals surface area contributed by atoms with Gasteiger partial charge in [-0.25, -0.2) is 8.42 Å². The number of sulfonamides is 1. The zero-order valence-corrected chi connectivity index (χ0v) is 19.3. The van der Waals surface area contributed by atoms with Gasteiger partial charge in [-0.2, -0.15) is 11.8 Å². The summed E-state index contributed by atoms with van der Waals surface area (Å²) >= 11 is 13.9. The molecule has 9 heteroatoms. The molecule has 2 aromatic rings. The van der Waals surface area contributed by atoms with Crippen molar-refractivity contribution in [3.05, 3.63) is 64.1 Å². The largest absolute Gasteiger partial charge is 0.355 e. The Morgan fingerprint density at radius 3 is 2.34 bits per heavy atom. The number of rotatable bonds is 11. The topological polar surface area (TPSA) is 66.5 Å². The van der Waals surface area contributed by atoms with Crippen LogP contribution in [0.1, 0.15) is 18.4 Å². The van der Waals surface area contributed by atoms with Gasteiger partial charge in [0.25, 0.3) is 0 Å². The summed E-state index contributed by atoms with van der Waals surface area (Å²) in [6.45, 7) is 0.788. The molecular weight excluding hydrogens is 451 g/mol. The Morgan fingerprint density at radius 2 is 1.72 bits per heavy atom. The molecule has 5 nitrogen and oxygen atoms in total. The molecule has 0 aliphatic carbocycles. The van der Waals surface area contributed by atoms with E-state index in [0.717, 1.165) is 11.3 Å². The zero-order chi connectivity index (χ0) is 21.3. The van der Waals surface area contributed by atoms with Crippen molar-refractivity contribution in [1.29, 1.82) is 0 Å². The highest BCUT2D eigenvalue weighted by molar-refractivity contribution is 7.98. The smallest absolute Gasteiger partial charge is 0.232 e. The molecule has 0 saturated heterocycles. The van der Waals surface area contributed by atoms with Gasteiger partial charge in [0, 0.05) is 41.1 Å². The summed E-state index contributed by atoms with van der Waals surface area (Å²) in [5, 5.41) is 4.14. The molecule has 0 fully saturated rings. The van der Waals surface area contributed by atoms with Gasteiger partial charge in [-0.15, -0.1) is 0 Å². The summed E-state index contributed by atoms with van der Waals surface area (Å²) in [7, 11) is -3.40. The van der Waals surface area contributed by atoms with E-state index in [1.54, 1.807) is 48.2 Å². The predicted octanol–water partition coefficient (Wildman–Crippen LogP) is 4.59. The third-order valence-electron chi connectivity index (χ3n) is 4.09. The maximum atomic E-state index is 12.0. The highest BCUT2D eigenvalue weighted by Crippen LogP contribution is 2.28. The summed E-state index contributed by atoms with van der Waals surface area (Å²) in [5.41, 5.74) is 1.50. The van der Waals surface area contributed by atoms with Crippen molar-refractivity contribution in [1.82, 2.24) is 5.32 Å². The highest BCUT2D eigenvalue weighted by atomic mass is 35.5. The molecule has 2 aromatic carbocycles. The Morgan fingerprint density at radius 1 is 1.07 bits per heavy atom. The normalized spacial score (nSPS) is 11.3. The van der Waals surface area contributed by atoms with Gasteiger partial charge in [0.1, 0.15) is 0 Å². The number of benzene rings is 2. The first kappa shape index (κ1) is 23.9. The number of hydrogen-bond donors (Lipinski definition) is 1. The van der Waals surface area contributed by atoms with Gasteiger partial charge < -0.3 is 5.32 Å². The second kappa shape index (κ2) is 11.7. The fourth-order valence-electron chi connectivity index (χ4n) is 2.66. The SMILES string of the molecule is CS(=O)(=O)N(CCCC(=O)NCCSCc1c(Cl)cccc1Cl)c1ccccc1. The van der Waals surface area contributed by atoms with E-state index in [-0.39, 0.29) is 18.9 Å². The van der Waals surface area contributed by atoms with Crippen molar-refractivity contribution in [2.45, 2.75) is 18.6 Å². The van der Waals surface area contributed by atoms with Gasteiger partial charge in [-0.1, -0.05) is 47.5 Å². The average Bonchev–Trinajstić information content (AvgIpc) is 2.66. The minimum absolute atomic E-state index is 0.0945. The monoisotopic (exact) mass is 474 g/mol. The summed E-state index contributed by atoms with van der Waals surface area (Å²) in [6, 6.07) is 14.3. The van der Waals surface area contributed by atoms with Crippen LogP contribution in [-0.2, 0) is 20.6 Å². The summed E-state index contributed by atoms with van der Waals surface area (Å²) < 4.78 is 25.4. The van der Waals surface area contributed by atoms with Crippen LogP contribution >= 0.6 is 35.0 Å². The highest BCUT2D eigenvalue weighted by Gasteiger charge is 2.17. The number of thioether (sulfide) groups is 1. The van der Waals surface area contributed by atoms with E-state index in [0.29, 0.717) is 34.5 Å². The number of nitrogens with one attached hydrogen (secondary N) is 1. The van der Waals surface area contributed by atoms with Gasteiger partial charge in [-0.3, -0.25) is 9.10 Å². The minimum atomic E-state index is -3.40. The van der Waals surface area contributed by atoms with Crippen LogP contribution in [-0.4, -0.2) is 39.4 Å². The first-order valence-corrected chi connectivity index (χ1v) is 12.8. The number of nitrogens with zero attached hydrogens (tertiary/aromatic N) is 1. The first-order chi connectivity index (χ1) is 13.8. The molecular formula is C20H24Cl2N2O3S2. The standard InChI is InChI=1S/C20H24Cl2N2O3S2/c1-29(26,27)24(16-7-3-2-4-8-16)13-6-11-20(25)23-12-14-28-15-17-18(21)9-5-10-19(17)22/h2-5,7-10H,6,11-15H2,1H3,(H,23,25). The van der Waals surface area contributed by atoms with E-state index in [1.807, 2.05) is 12.1 Å². The van der Waals surface area contributed by atoms with Crippen LogP contribution in [0.2, 0.25) is 10.0 Å².